The van der Waals surface area contributed by atoms with Gasteiger partial charge in [-0.05, 0) is 25.8 Å². The van der Waals surface area contributed by atoms with E-state index in [4.69, 9.17) is 0 Å². The Labute approximate surface area is 136 Å². The first-order valence-corrected chi connectivity index (χ1v) is 9.52. The van der Waals surface area contributed by atoms with E-state index in [-0.39, 0.29) is 0 Å². The van der Waals surface area contributed by atoms with Crippen molar-refractivity contribution in [2.24, 2.45) is 5.16 Å². The van der Waals surface area contributed by atoms with Crippen molar-refractivity contribution < 1.29 is 5.21 Å². The normalized spacial score (nSPS) is 29.9. The Morgan fingerprint density at radius 1 is 0.909 bits per heavy atom. The molecule has 4 nitrogen and oxygen atoms in total. The second-order valence-corrected chi connectivity index (χ2v) is 6.94. The first-order valence-electron chi connectivity index (χ1n) is 9.52. The molecule has 0 unspecified atom stereocenters. The minimum absolute atomic E-state index is 0.378. The highest BCUT2D eigenvalue weighted by atomic mass is 16.4. The monoisotopic (exact) mass is 309 g/mol. The molecule has 1 aliphatic heterocycles. The van der Waals surface area contributed by atoms with Gasteiger partial charge in [0.2, 0.25) is 0 Å². The van der Waals surface area contributed by atoms with Crippen molar-refractivity contribution >= 4 is 5.71 Å². The average Bonchev–Trinajstić information content (AvgIpc) is 2.55. The van der Waals surface area contributed by atoms with Crippen LogP contribution in [-0.4, -0.2) is 59.5 Å². The minimum atomic E-state index is 0.378. The van der Waals surface area contributed by atoms with E-state index in [9.17, 15) is 5.21 Å². The van der Waals surface area contributed by atoms with Crippen LogP contribution >= 0.6 is 0 Å². The molecule has 1 atom stereocenters. The molecular formula is C18H35N3O. The standard InChI is InChI=1S/C18H35N3O/c1-2-20-13-15-21(16-14-20)18-12-10-8-6-4-3-5-7-9-11-17(18)19-22/h18,22H,2-16H2,1H3/b19-17+/t18-/m1/s1. The maximum atomic E-state index is 9.55. The van der Waals surface area contributed by atoms with Gasteiger partial charge in [-0.25, -0.2) is 0 Å². The molecule has 0 aromatic rings. The second-order valence-electron chi connectivity index (χ2n) is 6.94. The van der Waals surface area contributed by atoms with Gasteiger partial charge >= 0.3 is 0 Å². The number of oxime groups is 1. The predicted molar refractivity (Wildman–Crippen MR) is 92.9 cm³/mol. The average molecular weight is 309 g/mol. The third-order valence-corrected chi connectivity index (χ3v) is 5.47. The molecule has 0 amide bonds. The summed E-state index contributed by atoms with van der Waals surface area (Å²) in [6.45, 7) is 7.96. The fourth-order valence-corrected chi connectivity index (χ4v) is 3.94. The molecule has 0 spiro atoms. The van der Waals surface area contributed by atoms with Gasteiger partial charge in [-0.2, -0.15) is 0 Å². The van der Waals surface area contributed by atoms with Crippen LogP contribution < -0.4 is 0 Å². The molecule has 1 saturated carbocycles. The third-order valence-electron chi connectivity index (χ3n) is 5.47. The van der Waals surface area contributed by atoms with E-state index in [1.807, 2.05) is 0 Å². The summed E-state index contributed by atoms with van der Waals surface area (Å²) in [5, 5.41) is 13.3. The molecule has 2 aliphatic rings. The molecular weight excluding hydrogens is 274 g/mol. The van der Waals surface area contributed by atoms with Gasteiger partial charge in [-0.1, -0.05) is 57.0 Å². The fraction of sp³-hybridized carbons (Fsp3) is 0.944. The second kappa shape index (κ2) is 10.2. The summed E-state index contributed by atoms with van der Waals surface area (Å²) >= 11 is 0. The molecule has 2 rings (SSSR count). The molecule has 1 N–H and O–H groups in total. The van der Waals surface area contributed by atoms with E-state index >= 15 is 0 Å². The third kappa shape index (κ3) is 5.54. The lowest BCUT2D eigenvalue weighted by Gasteiger charge is -2.39. The number of nitrogens with zero attached hydrogens (tertiary/aromatic N) is 3. The summed E-state index contributed by atoms with van der Waals surface area (Å²) in [6, 6.07) is 0.378. The van der Waals surface area contributed by atoms with Gasteiger partial charge in [-0.15, -0.1) is 0 Å². The lowest BCUT2D eigenvalue weighted by molar-refractivity contribution is 0.115. The maximum Gasteiger partial charge on any atom is 0.0742 e. The van der Waals surface area contributed by atoms with Crippen LogP contribution in [0.3, 0.4) is 0 Å². The first kappa shape index (κ1) is 17.7. The highest BCUT2D eigenvalue weighted by Crippen LogP contribution is 2.20. The molecule has 4 heteroatoms. The van der Waals surface area contributed by atoms with Crippen LogP contribution in [0.1, 0.15) is 71.1 Å². The number of likely N-dealkylation sites (N-methyl/N-ethyl adjacent to an activating group) is 1. The van der Waals surface area contributed by atoms with E-state index in [0.717, 1.165) is 44.9 Å². The molecule has 0 aromatic carbocycles. The molecule has 1 aliphatic carbocycles. The zero-order valence-corrected chi connectivity index (χ0v) is 14.5. The predicted octanol–water partition coefficient (Wildman–Crippen LogP) is 3.74. The van der Waals surface area contributed by atoms with Gasteiger partial charge in [0.15, 0.2) is 0 Å². The van der Waals surface area contributed by atoms with Crippen LogP contribution in [0, 0.1) is 0 Å². The number of hydrogen-bond acceptors (Lipinski definition) is 4. The van der Waals surface area contributed by atoms with Crippen LogP contribution in [-0.2, 0) is 0 Å². The minimum Gasteiger partial charge on any atom is -0.411 e. The van der Waals surface area contributed by atoms with Crippen molar-refractivity contribution in [3.8, 4) is 0 Å². The van der Waals surface area contributed by atoms with Crippen LogP contribution in [0.4, 0.5) is 0 Å². The van der Waals surface area contributed by atoms with Crippen molar-refractivity contribution in [3.63, 3.8) is 0 Å². The summed E-state index contributed by atoms with van der Waals surface area (Å²) in [6.07, 6.45) is 12.7. The molecule has 1 saturated heterocycles. The van der Waals surface area contributed by atoms with E-state index < -0.39 is 0 Å². The SMILES string of the molecule is CCN1CCN([C@@H]2CCCCCCCCCC/C2=N\O)CC1. The summed E-state index contributed by atoms with van der Waals surface area (Å²) in [4.78, 5) is 5.09. The maximum absolute atomic E-state index is 9.55. The van der Waals surface area contributed by atoms with Crippen LogP contribution in [0.25, 0.3) is 0 Å². The largest absolute Gasteiger partial charge is 0.411 e. The Bertz CT molecular complexity index is 324. The van der Waals surface area contributed by atoms with Gasteiger partial charge in [0.05, 0.1) is 11.8 Å². The Hall–Kier alpha value is -0.610. The van der Waals surface area contributed by atoms with Gasteiger partial charge in [-0.3, -0.25) is 4.90 Å². The van der Waals surface area contributed by atoms with Gasteiger partial charge < -0.3 is 10.1 Å². The molecule has 0 bridgehead atoms. The number of rotatable bonds is 2. The van der Waals surface area contributed by atoms with E-state index in [1.165, 1.54) is 57.8 Å². The molecule has 2 fully saturated rings. The van der Waals surface area contributed by atoms with Crippen molar-refractivity contribution in [2.45, 2.75) is 77.2 Å². The summed E-state index contributed by atoms with van der Waals surface area (Å²) < 4.78 is 0. The summed E-state index contributed by atoms with van der Waals surface area (Å²) in [7, 11) is 0. The molecule has 1 heterocycles. The Morgan fingerprint density at radius 3 is 2.09 bits per heavy atom. The van der Waals surface area contributed by atoms with Crippen LogP contribution in [0.15, 0.2) is 5.16 Å². The Kier molecular flexibility index (Phi) is 8.24. The smallest absolute Gasteiger partial charge is 0.0742 e. The topological polar surface area (TPSA) is 39.1 Å². The van der Waals surface area contributed by atoms with Crippen molar-refractivity contribution in [1.82, 2.24) is 9.80 Å². The van der Waals surface area contributed by atoms with Crippen molar-refractivity contribution in [3.05, 3.63) is 0 Å². The Balaban J connectivity index is 1.95. The van der Waals surface area contributed by atoms with Crippen LogP contribution in [0.5, 0.6) is 0 Å². The summed E-state index contributed by atoms with van der Waals surface area (Å²) in [5.74, 6) is 0. The van der Waals surface area contributed by atoms with Crippen molar-refractivity contribution in [1.29, 1.82) is 0 Å². The molecule has 22 heavy (non-hydrogen) atoms. The zero-order chi connectivity index (χ0) is 15.6. The van der Waals surface area contributed by atoms with Gasteiger partial charge in [0.1, 0.15) is 0 Å². The lowest BCUT2D eigenvalue weighted by Crippen LogP contribution is -2.52. The lowest BCUT2D eigenvalue weighted by atomic mass is 9.95. The molecule has 0 radical (unpaired) electrons. The van der Waals surface area contributed by atoms with E-state index in [2.05, 4.69) is 21.9 Å². The highest BCUT2D eigenvalue weighted by molar-refractivity contribution is 5.89. The van der Waals surface area contributed by atoms with Gasteiger partial charge in [0.25, 0.3) is 0 Å². The van der Waals surface area contributed by atoms with Crippen LogP contribution in [0.2, 0.25) is 0 Å². The van der Waals surface area contributed by atoms with Crippen molar-refractivity contribution in [2.75, 3.05) is 32.7 Å². The highest BCUT2D eigenvalue weighted by Gasteiger charge is 2.27. The number of piperazine rings is 1. The van der Waals surface area contributed by atoms with Gasteiger partial charge in [0, 0.05) is 26.2 Å². The Morgan fingerprint density at radius 2 is 1.50 bits per heavy atom. The number of hydrogen-bond donors (Lipinski definition) is 1. The zero-order valence-electron chi connectivity index (χ0n) is 14.5. The molecule has 128 valence electrons. The molecule has 0 aromatic heterocycles. The van der Waals surface area contributed by atoms with E-state index in [0.29, 0.717) is 6.04 Å². The van der Waals surface area contributed by atoms with E-state index in [1.54, 1.807) is 0 Å². The quantitative estimate of drug-likeness (QED) is 0.624. The first-order chi connectivity index (χ1) is 10.8. The summed E-state index contributed by atoms with van der Waals surface area (Å²) in [5.41, 5.74) is 1.05. The fourth-order valence-electron chi connectivity index (χ4n) is 3.94.